The maximum Gasteiger partial charge on any atom is 0.307 e. The number of esters is 1. The summed E-state index contributed by atoms with van der Waals surface area (Å²) in [5, 5.41) is 3.32. The van der Waals surface area contributed by atoms with Crippen molar-refractivity contribution in [3.63, 3.8) is 0 Å². The Balaban J connectivity index is 1.94. The van der Waals surface area contributed by atoms with Crippen LogP contribution >= 0.6 is 0 Å². The summed E-state index contributed by atoms with van der Waals surface area (Å²) < 4.78 is 9.92. The van der Waals surface area contributed by atoms with E-state index in [4.69, 9.17) is 4.74 Å². The Morgan fingerprint density at radius 1 is 1.57 bits per heavy atom. The average Bonchev–Trinajstić information content (AvgIpc) is 2.25. The van der Waals surface area contributed by atoms with E-state index in [0.29, 0.717) is 18.9 Å². The Bertz CT molecular complexity index is 167. The van der Waals surface area contributed by atoms with E-state index in [-0.39, 0.29) is 5.97 Å². The van der Waals surface area contributed by atoms with Gasteiger partial charge in [0.25, 0.3) is 0 Å². The van der Waals surface area contributed by atoms with E-state index in [1.807, 2.05) is 0 Å². The van der Waals surface area contributed by atoms with Crippen LogP contribution in [0.15, 0.2) is 0 Å². The molecule has 1 N–H and O–H groups in total. The summed E-state index contributed by atoms with van der Waals surface area (Å²) in [6.07, 6.45) is 2.81. The van der Waals surface area contributed by atoms with Crippen LogP contribution in [0.5, 0.6) is 0 Å². The summed E-state index contributed by atoms with van der Waals surface area (Å²) >= 11 is 0. The Morgan fingerprint density at radius 3 is 3.07 bits per heavy atom. The molecule has 82 valence electrons. The van der Waals surface area contributed by atoms with Crippen molar-refractivity contribution in [2.75, 3.05) is 33.4 Å². The van der Waals surface area contributed by atoms with Gasteiger partial charge in [0, 0.05) is 6.54 Å². The highest BCUT2D eigenvalue weighted by Crippen LogP contribution is 2.09. The maximum absolute atomic E-state index is 10.7. The van der Waals surface area contributed by atoms with Gasteiger partial charge in [-0.2, -0.15) is 0 Å². The average molecular weight is 201 g/mol. The first kappa shape index (κ1) is 11.5. The van der Waals surface area contributed by atoms with Gasteiger partial charge in [-0.1, -0.05) is 0 Å². The van der Waals surface area contributed by atoms with E-state index >= 15 is 0 Å². The van der Waals surface area contributed by atoms with Crippen LogP contribution in [0.3, 0.4) is 0 Å². The molecule has 1 fully saturated rings. The van der Waals surface area contributed by atoms with Crippen LogP contribution in [0.1, 0.15) is 19.3 Å². The summed E-state index contributed by atoms with van der Waals surface area (Å²) in [5.41, 5.74) is 0. The van der Waals surface area contributed by atoms with Crippen LogP contribution in [-0.2, 0) is 14.3 Å². The van der Waals surface area contributed by atoms with E-state index < -0.39 is 0 Å². The zero-order chi connectivity index (χ0) is 10.2. The number of ether oxygens (including phenoxy) is 2. The molecule has 4 nitrogen and oxygen atoms in total. The van der Waals surface area contributed by atoms with Gasteiger partial charge in [0.05, 0.1) is 26.7 Å². The number of nitrogens with one attached hydrogen (secondary N) is 1. The molecule has 0 bridgehead atoms. The van der Waals surface area contributed by atoms with E-state index in [2.05, 4.69) is 10.1 Å². The minimum absolute atomic E-state index is 0.202. The van der Waals surface area contributed by atoms with Crippen molar-refractivity contribution in [2.24, 2.45) is 5.92 Å². The number of rotatable bonds is 5. The molecule has 1 heterocycles. The molecule has 0 saturated carbocycles. The van der Waals surface area contributed by atoms with Crippen molar-refractivity contribution in [1.29, 1.82) is 0 Å². The minimum atomic E-state index is -0.202. The van der Waals surface area contributed by atoms with Crippen LogP contribution in [-0.4, -0.2) is 39.4 Å². The second-order valence-electron chi connectivity index (χ2n) is 3.61. The molecule has 0 spiro atoms. The van der Waals surface area contributed by atoms with Gasteiger partial charge < -0.3 is 14.8 Å². The molecule has 0 aliphatic carbocycles. The molecular formula is C10H19NO3. The maximum atomic E-state index is 10.7. The molecule has 0 aromatic carbocycles. The Morgan fingerprint density at radius 2 is 2.43 bits per heavy atom. The Kier molecular flexibility index (Phi) is 5.56. The van der Waals surface area contributed by atoms with Crippen molar-refractivity contribution < 1.29 is 14.3 Å². The van der Waals surface area contributed by atoms with E-state index in [1.165, 1.54) is 20.0 Å². The lowest BCUT2D eigenvalue weighted by molar-refractivity contribution is -0.141. The molecule has 0 aromatic heterocycles. The van der Waals surface area contributed by atoms with Crippen LogP contribution in [0.4, 0.5) is 0 Å². The third-order valence-electron chi connectivity index (χ3n) is 2.43. The Hall–Kier alpha value is -0.610. The molecule has 0 amide bonds. The third kappa shape index (κ3) is 4.58. The van der Waals surface area contributed by atoms with Gasteiger partial charge in [-0.3, -0.25) is 4.79 Å². The number of hydrogen-bond acceptors (Lipinski definition) is 4. The smallest absolute Gasteiger partial charge is 0.307 e. The minimum Gasteiger partial charge on any atom is -0.469 e. The number of carbonyl (C=O) groups is 1. The van der Waals surface area contributed by atoms with Crippen LogP contribution in [0, 0.1) is 5.92 Å². The van der Waals surface area contributed by atoms with Crippen molar-refractivity contribution >= 4 is 5.97 Å². The van der Waals surface area contributed by atoms with Gasteiger partial charge in [-0.05, 0) is 25.3 Å². The fourth-order valence-corrected chi connectivity index (χ4v) is 1.57. The first-order chi connectivity index (χ1) is 6.83. The number of piperidine rings is 1. The largest absolute Gasteiger partial charge is 0.469 e. The van der Waals surface area contributed by atoms with Gasteiger partial charge in [-0.25, -0.2) is 0 Å². The van der Waals surface area contributed by atoms with Gasteiger partial charge in [0.1, 0.15) is 0 Å². The van der Waals surface area contributed by atoms with Crippen LogP contribution in [0.25, 0.3) is 0 Å². The summed E-state index contributed by atoms with van der Waals surface area (Å²) in [4.78, 5) is 10.7. The van der Waals surface area contributed by atoms with Gasteiger partial charge >= 0.3 is 5.97 Å². The summed E-state index contributed by atoms with van der Waals surface area (Å²) in [6, 6.07) is 0. The van der Waals surface area contributed by atoms with Crippen LogP contribution < -0.4 is 5.32 Å². The highest BCUT2D eigenvalue weighted by atomic mass is 16.5. The summed E-state index contributed by atoms with van der Waals surface area (Å²) in [5.74, 6) is 0.410. The topological polar surface area (TPSA) is 47.6 Å². The normalized spacial score (nSPS) is 21.9. The lowest BCUT2D eigenvalue weighted by Crippen LogP contribution is -2.32. The number of methoxy groups -OCH3 is 1. The monoisotopic (exact) mass is 201 g/mol. The Labute approximate surface area is 85.0 Å². The van der Waals surface area contributed by atoms with Crippen molar-refractivity contribution in [3.05, 3.63) is 0 Å². The van der Waals surface area contributed by atoms with Gasteiger partial charge in [0.2, 0.25) is 0 Å². The second kappa shape index (κ2) is 6.79. The summed E-state index contributed by atoms with van der Waals surface area (Å²) in [6.45, 7) is 3.39. The lowest BCUT2D eigenvalue weighted by Gasteiger charge is -2.22. The highest BCUT2D eigenvalue weighted by molar-refractivity contribution is 5.69. The van der Waals surface area contributed by atoms with E-state index in [1.54, 1.807) is 0 Å². The first-order valence-electron chi connectivity index (χ1n) is 5.18. The van der Waals surface area contributed by atoms with E-state index in [9.17, 15) is 4.79 Å². The third-order valence-corrected chi connectivity index (χ3v) is 2.43. The molecule has 14 heavy (non-hydrogen) atoms. The molecule has 1 unspecified atom stereocenters. The molecule has 1 saturated heterocycles. The van der Waals surface area contributed by atoms with Gasteiger partial charge in [0.15, 0.2) is 0 Å². The number of hydrogen-bond donors (Lipinski definition) is 1. The van der Waals surface area contributed by atoms with E-state index in [0.717, 1.165) is 19.7 Å². The summed E-state index contributed by atoms with van der Waals surface area (Å²) in [7, 11) is 1.40. The van der Waals surface area contributed by atoms with Crippen LogP contribution in [0.2, 0.25) is 0 Å². The molecule has 1 aliphatic heterocycles. The molecule has 0 radical (unpaired) electrons. The van der Waals surface area contributed by atoms with Crippen molar-refractivity contribution in [1.82, 2.24) is 5.32 Å². The lowest BCUT2D eigenvalue weighted by atomic mass is 10.0. The second-order valence-corrected chi connectivity index (χ2v) is 3.61. The van der Waals surface area contributed by atoms with Crippen molar-refractivity contribution in [2.45, 2.75) is 19.3 Å². The first-order valence-corrected chi connectivity index (χ1v) is 5.18. The fourth-order valence-electron chi connectivity index (χ4n) is 1.57. The molecule has 1 rings (SSSR count). The quantitative estimate of drug-likeness (QED) is 0.521. The zero-order valence-electron chi connectivity index (χ0n) is 8.75. The number of carbonyl (C=O) groups excluding carboxylic acids is 1. The molecule has 1 atom stereocenters. The zero-order valence-corrected chi connectivity index (χ0v) is 8.75. The molecule has 1 aliphatic rings. The predicted octanol–water partition coefficient (Wildman–Crippen LogP) is 0.566. The molecular weight excluding hydrogens is 182 g/mol. The predicted molar refractivity (Wildman–Crippen MR) is 53.0 cm³/mol. The SMILES string of the molecule is COC(=O)CCOCC1CCCNC1. The standard InChI is InChI=1S/C10H19NO3/c1-13-10(12)4-6-14-8-9-3-2-5-11-7-9/h9,11H,2-8H2,1H3. The molecule has 0 aromatic rings. The van der Waals surface area contributed by atoms with Gasteiger partial charge in [-0.15, -0.1) is 0 Å². The fraction of sp³-hybridized carbons (Fsp3) is 0.900. The molecule has 4 heteroatoms. The van der Waals surface area contributed by atoms with Crippen molar-refractivity contribution in [3.8, 4) is 0 Å². The highest BCUT2D eigenvalue weighted by Gasteiger charge is 2.12.